The molecule has 0 spiro atoms. The Labute approximate surface area is 101 Å². The van der Waals surface area contributed by atoms with Gasteiger partial charge in [0.2, 0.25) is 0 Å². The zero-order valence-electron chi connectivity index (χ0n) is 9.19. The lowest BCUT2D eigenvalue weighted by Crippen LogP contribution is -2.29. The van der Waals surface area contributed by atoms with Crippen molar-refractivity contribution < 1.29 is 4.39 Å². The summed E-state index contributed by atoms with van der Waals surface area (Å²) in [6, 6.07) is 0. The first kappa shape index (κ1) is 12.9. The highest BCUT2D eigenvalue weighted by molar-refractivity contribution is 5.85. The van der Waals surface area contributed by atoms with Crippen LogP contribution in [0.5, 0.6) is 0 Å². The van der Waals surface area contributed by atoms with Crippen LogP contribution < -0.4 is 4.90 Å². The van der Waals surface area contributed by atoms with Crippen LogP contribution in [0, 0.1) is 5.82 Å². The topological polar surface area (TPSA) is 29.0 Å². The summed E-state index contributed by atoms with van der Waals surface area (Å²) < 4.78 is 13.9. The lowest BCUT2D eigenvalue weighted by Gasteiger charge is -2.24. The first-order valence-corrected chi connectivity index (χ1v) is 5.22. The molecule has 0 saturated heterocycles. The van der Waals surface area contributed by atoms with Gasteiger partial charge in [0, 0.05) is 13.1 Å². The molecule has 0 unspecified atom stereocenters. The second-order valence-corrected chi connectivity index (χ2v) is 3.52. The fraction of sp³-hybridized carbons (Fsp3) is 0.455. The quantitative estimate of drug-likeness (QED) is 0.747. The maximum atomic E-state index is 13.9. The van der Waals surface area contributed by atoms with Crippen molar-refractivity contribution in [1.29, 1.82) is 0 Å². The van der Waals surface area contributed by atoms with Crippen molar-refractivity contribution in [3.05, 3.63) is 30.0 Å². The molecule has 0 bridgehead atoms. The average Bonchev–Trinajstić information content (AvgIpc) is 2.30. The van der Waals surface area contributed by atoms with Crippen molar-refractivity contribution in [2.75, 3.05) is 18.0 Å². The number of hydrogen-bond acceptors (Lipinski definition) is 3. The lowest BCUT2D eigenvalue weighted by molar-refractivity contribution is 0.584. The minimum atomic E-state index is -0.268. The molecule has 0 fully saturated rings. The molecule has 5 heteroatoms. The number of aromatic nitrogens is 2. The minimum Gasteiger partial charge on any atom is -0.350 e. The summed E-state index contributed by atoms with van der Waals surface area (Å²) in [6.07, 6.45) is 7.14. The molecule has 0 aromatic carbocycles. The molecule has 1 aromatic heterocycles. The highest BCUT2D eigenvalue weighted by Crippen LogP contribution is 2.19. The van der Waals surface area contributed by atoms with Gasteiger partial charge in [-0.15, -0.1) is 12.4 Å². The summed E-state index contributed by atoms with van der Waals surface area (Å²) in [6.45, 7) is 3.45. The third-order valence-corrected chi connectivity index (χ3v) is 2.54. The molecule has 88 valence electrons. The van der Waals surface area contributed by atoms with Crippen LogP contribution in [0.15, 0.2) is 18.5 Å². The predicted octanol–water partition coefficient (Wildman–Crippen LogP) is 2.37. The summed E-state index contributed by atoms with van der Waals surface area (Å²) in [4.78, 5) is 9.88. The number of nitrogens with zero attached hydrogens (tertiary/aromatic N) is 3. The highest BCUT2D eigenvalue weighted by atomic mass is 35.5. The van der Waals surface area contributed by atoms with Crippen molar-refractivity contribution in [2.45, 2.75) is 19.8 Å². The van der Waals surface area contributed by atoms with Crippen LogP contribution in [0.1, 0.15) is 19.0 Å². The maximum absolute atomic E-state index is 13.9. The molecule has 2 heterocycles. The summed E-state index contributed by atoms with van der Waals surface area (Å²) in [7, 11) is 0. The fourth-order valence-electron chi connectivity index (χ4n) is 1.70. The van der Waals surface area contributed by atoms with Crippen molar-refractivity contribution in [1.82, 2.24) is 9.97 Å². The monoisotopic (exact) mass is 243 g/mol. The van der Waals surface area contributed by atoms with Crippen LogP contribution in [-0.4, -0.2) is 23.1 Å². The van der Waals surface area contributed by atoms with Gasteiger partial charge >= 0.3 is 0 Å². The Morgan fingerprint density at radius 2 is 2.19 bits per heavy atom. The SMILES string of the molecule is CCc1ncnc(N2CC=CCC2)c1F.Cl. The zero-order valence-corrected chi connectivity index (χ0v) is 10.0. The minimum absolute atomic E-state index is 0. The molecule has 1 aliphatic rings. The van der Waals surface area contributed by atoms with Crippen LogP contribution in [0.4, 0.5) is 10.2 Å². The standard InChI is InChI=1S/C11H14FN3.ClH/c1-2-9-10(12)11(14-8-13-9)15-6-4-3-5-7-15;/h3-4,8H,2,5-7H2,1H3;1H. The van der Waals surface area contributed by atoms with Gasteiger partial charge in [-0.2, -0.15) is 0 Å². The van der Waals surface area contributed by atoms with E-state index in [0.29, 0.717) is 17.9 Å². The number of anilines is 1. The molecule has 0 N–H and O–H groups in total. The van der Waals surface area contributed by atoms with E-state index in [1.54, 1.807) is 0 Å². The van der Waals surface area contributed by atoms with Gasteiger partial charge in [0.05, 0.1) is 5.69 Å². The van der Waals surface area contributed by atoms with Crippen molar-refractivity contribution >= 4 is 18.2 Å². The molecular weight excluding hydrogens is 229 g/mol. The Hall–Kier alpha value is -1.16. The Morgan fingerprint density at radius 3 is 2.81 bits per heavy atom. The average molecular weight is 244 g/mol. The van der Waals surface area contributed by atoms with Crippen LogP contribution in [0.25, 0.3) is 0 Å². The number of rotatable bonds is 2. The molecule has 0 radical (unpaired) electrons. The molecule has 2 rings (SSSR count). The third-order valence-electron chi connectivity index (χ3n) is 2.54. The third kappa shape index (κ3) is 2.50. The molecule has 1 aliphatic heterocycles. The van der Waals surface area contributed by atoms with Gasteiger partial charge in [0.1, 0.15) is 6.33 Å². The van der Waals surface area contributed by atoms with Gasteiger partial charge in [-0.25, -0.2) is 14.4 Å². The summed E-state index contributed by atoms with van der Waals surface area (Å²) in [5.41, 5.74) is 0.495. The van der Waals surface area contributed by atoms with Gasteiger partial charge in [-0.1, -0.05) is 19.1 Å². The highest BCUT2D eigenvalue weighted by Gasteiger charge is 2.16. The molecule has 0 atom stereocenters. The van der Waals surface area contributed by atoms with Gasteiger partial charge in [0.15, 0.2) is 11.6 Å². The first-order valence-electron chi connectivity index (χ1n) is 5.22. The number of halogens is 2. The zero-order chi connectivity index (χ0) is 10.7. The Morgan fingerprint density at radius 1 is 1.38 bits per heavy atom. The molecule has 0 saturated carbocycles. The van der Waals surface area contributed by atoms with Gasteiger partial charge in [0.25, 0.3) is 0 Å². The van der Waals surface area contributed by atoms with Crippen LogP contribution >= 0.6 is 12.4 Å². The van der Waals surface area contributed by atoms with E-state index >= 15 is 0 Å². The van der Waals surface area contributed by atoms with E-state index in [2.05, 4.69) is 16.0 Å². The van der Waals surface area contributed by atoms with E-state index in [1.807, 2.05) is 17.9 Å². The summed E-state index contributed by atoms with van der Waals surface area (Å²) in [5, 5.41) is 0. The maximum Gasteiger partial charge on any atom is 0.187 e. The lowest BCUT2D eigenvalue weighted by atomic mass is 10.2. The van der Waals surface area contributed by atoms with Gasteiger partial charge < -0.3 is 4.90 Å². The summed E-state index contributed by atoms with van der Waals surface area (Å²) >= 11 is 0. The normalized spacial score (nSPS) is 14.8. The van der Waals surface area contributed by atoms with E-state index in [1.165, 1.54) is 6.33 Å². The molecular formula is C11H15ClFN3. The van der Waals surface area contributed by atoms with E-state index in [0.717, 1.165) is 19.5 Å². The van der Waals surface area contributed by atoms with E-state index in [-0.39, 0.29) is 18.2 Å². The Balaban J connectivity index is 0.00000128. The van der Waals surface area contributed by atoms with Crippen LogP contribution in [0.3, 0.4) is 0 Å². The van der Waals surface area contributed by atoms with Crippen LogP contribution in [-0.2, 0) is 6.42 Å². The van der Waals surface area contributed by atoms with E-state index in [9.17, 15) is 4.39 Å². The Bertz CT molecular complexity index is 381. The van der Waals surface area contributed by atoms with Crippen molar-refractivity contribution in [2.24, 2.45) is 0 Å². The number of hydrogen-bond donors (Lipinski definition) is 0. The molecule has 0 aliphatic carbocycles. The van der Waals surface area contributed by atoms with E-state index < -0.39 is 0 Å². The first-order chi connectivity index (χ1) is 7.33. The molecule has 3 nitrogen and oxygen atoms in total. The second kappa shape index (κ2) is 5.80. The largest absolute Gasteiger partial charge is 0.350 e. The molecule has 0 amide bonds. The smallest absolute Gasteiger partial charge is 0.187 e. The van der Waals surface area contributed by atoms with Crippen LogP contribution in [0.2, 0.25) is 0 Å². The molecule has 16 heavy (non-hydrogen) atoms. The predicted molar refractivity (Wildman–Crippen MR) is 64.6 cm³/mol. The number of aryl methyl sites for hydroxylation is 1. The van der Waals surface area contributed by atoms with Crippen molar-refractivity contribution in [3.63, 3.8) is 0 Å². The van der Waals surface area contributed by atoms with Gasteiger partial charge in [-0.05, 0) is 12.8 Å². The fourth-order valence-corrected chi connectivity index (χ4v) is 1.70. The van der Waals surface area contributed by atoms with Gasteiger partial charge in [-0.3, -0.25) is 0 Å². The summed E-state index contributed by atoms with van der Waals surface area (Å²) in [5.74, 6) is 0.168. The molecule has 1 aromatic rings. The van der Waals surface area contributed by atoms with E-state index in [4.69, 9.17) is 0 Å². The second-order valence-electron chi connectivity index (χ2n) is 3.52. The van der Waals surface area contributed by atoms with Crippen molar-refractivity contribution in [3.8, 4) is 0 Å². The Kier molecular flexibility index (Phi) is 4.68.